The van der Waals surface area contributed by atoms with Gasteiger partial charge < -0.3 is 10.1 Å². The number of carbonyl (C=O) groups excluding carboxylic acids is 1. The van der Waals surface area contributed by atoms with Gasteiger partial charge in [-0.25, -0.2) is 0 Å². The predicted octanol–water partition coefficient (Wildman–Crippen LogP) is 1.96. The average molecular weight is 237 g/mol. The Hall–Kier alpha value is -0.570. The molecule has 0 spiro atoms. The highest BCUT2D eigenvalue weighted by atomic mass is 16.5. The van der Waals surface area contributed by atoms with Crippen LogP contribution in [0, 0.1) is 23.7 Å². The van der Waals surface area contributed by atoms with E-state index in [4.69, 9.17) is 4.74 Å². The lowest BCUT2D eigenvalue weighted by atomic mass is 9.48. The summed E-state index contributed by atoms with van der Waals surface area (Å²) < 4.78 is 5.36. The van der Waals surface area contributed by atoms with Crippen molar-refractivity contribution in [3.63, 3.8) is 0 Å². The molecular formula is C14H23NO2. The monoisotopic (exact) mass is 237 g/mol. The molecule has 4 saturated carbocycles. The zero-order valence-corrected chi connectivity index (χ0v) is 10.9. The maximum atomic E-state index is 12.4. The second-order valence-corrected chi connectivity index (χ2v) is 6.14. The summed E-state index contributed by atoms with van der Waals surface area (Å²) in [5.74, 6) is 2.81. The van der Waals surface area contributed by atoms with Crippen LogP contribution in [0.15, 0.2) is 0 Å². The fourth-order valence-electron chi connectivity index (χ4n) is 5.02. The van der Waals surface area contributed by atoms with E-state index in [0.717, 1.165) is 11.8 Å². The van der Waals surface area contributed by atoms with Crippen molar-refractivity contribution in [2.24, 2.45) is 23.7 Å². The largest absolute Gasteiger partial charge is 0.465 e. The van der Waals surface area contributed by atoms with Gasteiger partial charge in [-0.2, -0.15) is 0 Å². The van der Waals surface area contributed by atoms with Gasteiger partial charge in [0.25, 0.3) is 0 Å². The van der Waals surface area contributed by atoms with Gasteiger partial charge in [-0.1, -0.05) is 0 Å². The first-order valence-corrected chi connectivity index (χ1v) is 7.06. The van der Waals surface area contributed by atoms with Crippen LogP contribution < -0.4 is 5.32 Å². The number of rotatable bonds is 3. The highest BCUT2D eigenvalue weighted by Gasteiger charge is 2.61. The van der Waals surface area contributed by atoms with Gasteiger partial charge in [0, 0.05) is 0 Å². The van der Waals surface area contributed by atoms with E-state index in [1.54, 1.807) is 0 Å². The number of nitrogens with one attached hydrogen (secondary N) is 1. The molecule has 0 aromatic carbocycles. The quantitative estimate of drug-likeness (QED) is 0.763. The van der Waals surface area contributed by atoms with Crippen LogP contribution in [0.4, 0.5) is 0 Å². The Labute approximate surface area is 103 Å². The number of hydrogen-bond donors (Lipinski definition) is 1. The standard InChI is InChI=1S/C14H23NO2/c1-3-17-13(16)14(15-2)11-5-9-4-10(7-11)8-12(14)6-9/h9-12,15H,3-8H2,1-2H3. The molecule has 4 bridgehead atoms. The third kappa shape index (κ3) is 1.48. The molecule has 3 heteroatoms. The van der Waals surface area contributed by atoms with Gasteiger partial charge in [0.05, 0.1) is 6.61 Å². The Morgan fingerprint density at radius 3 is 2.12 bits per heavy atom. The number of carbonyl (C=O) groups is 1. The van der Waals surface area contributed by atoms with Crippen molar-refractivity contribution in [3.8, 4) is 0 Å². The van der Waals surface area contributed by atoms with Crippen LogP contribution in [0.3, 0.4) is 0 Å². The van der Waals surface area contributed by atoms with Gasteiger partial charge in [-0.05, 0) is 69.7 Å². The summed E-state index contributed by atoms with van der Waals surface area (Å²) >= 11 is 0. The Balaban J connectivity index is 1.91. The molecule has 17 heavy (non-hydrogen) atoms. The lowest BCUT2D eigenvalue weighted by molar-refractivity contribution is -0.170. The van der Waals surface area contributed by atoms with Crippen LogP contribution in [-0.4, -0.2) is 25.2 Å². The molecule has 4 aliphatic carbocycles. The predicted molar refractivity (Wildman–Crippen MR) is 65.5 cm³/mol. The van der Waals surface area contributed by atoms with Crippen molar-refractivity contribution in [1.82, 2.24) is 5.32 Å². The van der Waals surface area contributed by atoms with E-state index in [-0.39, 0.29) is 11.5 Å². The van der Waals surface area contributed by atoms with Crippen molar-refractivity contribution in [1.29, 1.82) is 0 Å². The third-order valence-corrected chi connectivity index (χ3v) is 5.45. The number of esters is 1. The molecule has 3 nitrogen and oxygen atoms in total. The van der Waals surface area contributed by atoms with Gasteiger partial charge in [-0.15, -0.1) is 0 Å². The highest BCUT2D eigenvalue weighted by Crippen LogP contribution is 2.58. The van der Waals surface area contributed by atoms with E-state index in [2.05, 4.69) is 5.32 Å². The first-order chi connectivity index (χ1) is 8.20. The molecule has 0 aliphatic heterocycles. The van der Waals surface area contributed by atoms with Crippen molar-refractivity contribution in [2.45, 2.75) is 44.6 Å². The zero-order valence-electron chi connectivity index (χ0n) is 10.9. The van der Waals surface area contributed by atoms with Gasteiger partial charge in [0.2, 0.25) is 0 Å². The molecule has 96 valence electrons. The molecule has 4 fully saturated rings. The Morgan fingerprint density at radius 1 is 1.18 bits per heavy atom. The fourth-order valence-corrected chi connectivity index (χ4v) is 5.02. The second-order valence-electron chi connectivity index (χ2n) is 6.14. The molecule has 4 aliphatic rings. The molecule has 0 radical (unpaired) electrons. The topological polar surface area (TPSA) is 38.3 Å². The SMILES string of the molecule is CCOC(=O)C1(NC)C2CC3CC(C2)CC1C3. The highest BCUT2D eigenvalue weighted by molar-refractivity contribution is 5.82. The van der Waals surface area contributed by atoms with Crippen LogP contribution >= 0.6 is 0 Å². The molecule has 4 rings (SSSR count). The molecular weight excluding hydrogens is 214 g/mol. The van der Waals surface area contributed by atoms with Crippen LogP contribution in [0.1, 0.15) is 39.0 Å². The zero-order chi connectivity index (χ0) is 12.0. The van der Waals surface area contributed by atoms with E-state index < -0.39 is 0 Å². The van der Waals surface area contributed by atoms with Crippen LogP contribution in [0.25, 0.3) is 0 Å². The molecule has 0 aromatic heterocycles. The minimum Gasteiger partial charge on any atom is -0.465 e. The normalized spacial score (nSPS) is 47.2. The van der Waals surface area contributed by atoms with Crippen molar-refractivity contribution in [2.75, 3.05) is 13.7 Å². The maximum absolute atomic E-state index is 12.4. The van der Waals surface area contributed by atoms with Crippen LogP contribution in [-0.2, 0) is 9.53 Å². The summed E-state index contributed by atoms with van der Waals surface area (Å²) in [4.78, 5) is 12.4. The summed E-state index contributed by atoms with van der Waals surface area (Å²) in [5.41, 5.74) is -0.358. The minimum atomic E-state index is -0.358. The Bertz CT molecular complexity index is 298. The smallest absolute Gasteiger partial charge is 0.326 e. The van der Waals surface area contributed by atoms with E-state index in [0.29, 0.717) is 18.4 Å². The van der Waals surface area contributed by atoms with Crippen molar-refractivity contribution < 1.29 is 9.53 Å². The van der Waals surface area contributed by atoms with Crippen LogP contribution in [0.5, 0.6) is 0 Å². The van der Waals surface area contributed by atoms with Gasteiger partial charge in [-0.3, -0.25) is 4.79 Å². The minimum absolute atomic E-state index is 0.0105. The third-order valence-electron chi connectivity index (χ3n) is 5.45. The molecule has 0 aromatic rings. The molecule has 0 amide bonds. The molecule has 0 unspecified atom stereocenters. The van der Waals surface area contributed by atoms with E-state index in [1.165, 1.54) is 32.1 Å². The van der Waals surface area contributed by atoms with Crippen molar-refractivity contribution >= 4 is 5.97 Å². The molecule has 1 N–H and O–H groups in total. The Morgan fingerprint density at radius 2 is 1.71 bits per heavy atom. The first kappa shape index (κ1) is 11.5. The van der Waals surface area contributed by atoms with Gasteiger partial charge in [0.15, 0.2) is 0 Å². The maximum Gasteiger partial charge on any atom is 0.326 e. The van der Waals surface area contributed by atoms with E-state index in [1.807, 2.05) is 14.0 Å². The Kier molecular flexibility index (Phi) is 2.69. The lowest BCUT2D eigenvalue weighted by Crippen LogP contribution is -2.68. The lowest BCUT2D eigenvalue weighted by Gasteiger charge is -2.59. The molecule has 0 atom stereocenters. The van der Waals surface area contributed by atoms with E-state index in [9.17, 15) is 4.79 Å². The fraction of sp³-hybridized carbons (Fsp3) is 0.929. The summed E-state index contributed by atoms with van der Waals surface area (Å²) in [5, 5.41) is 3.37. The van der Waals surface area contributed by atoms with E-state index >= 15 is 0 Å². The summed E-state index contributed by atoms with van der Waals surface area (Å²) in [6.07, 6.45) is 6.33. The number of ether oxygens (including phenoxy) is 1. The van der Waals surface area contributed by atoms with Crippen LogP contribution in [0.2, 0.25) is 0 Å². The summed E-state index contributed by atoms with van der Waals surface area (Å²) in [6.45, 7) is 2.39. The molecule has 0 saturated heterocycles. The summed E-state index contributed by atoms with van der Waals surface area (Å²) in [6, 6.07) is 0. The number of likely N-dealkylation sites (N-methyl/N-ethyl adjacent to an activating group) is 1. The number of hydrogen-bond acceptors (Lipinski definition) is 3. The average Bonchev–Trinajstić information content (AvgIpc) is 2.29. The van der Waals surface area contributed by atoms with Gasteiger partial charge >= 0.3 is 5.97 Å². The molecule has 0 heterocycles. The first-order valence-electron chi connectivity index (χ1n) is 7.06. The second kappa shape index (κ2) is 3.98. The summed E-state index contributed by atoms with van der Waals surface area (Å²) in [7, 11) is 1.94. The van der Waals surface area contributed by atoms with Crippen molar-refractivity contribution in [3.05, 3.63) is 0 Å². The van der Waals surface area contributed by atoms with Gasteiger partial charge in [0.1, 0.15) is 5.54 Å².